The fraction of sp³-hybridized carbons (Fsp3) is 0.304. The van der Waals surface area contributed by atoms with Gasteiger partial charge < -0.3 is 9.15 Å². The summed E-state index contributed by atoms with van der Waals surface area (Å²) in [5, 5.41) is 0.785. The summed E-state index contributed by atoms with van der Waals surface area (Å²) in [6.45, 7) is 2.15. The normalized spacial score (nSPS) is 10.9. The van der Waals surface area contributed by atoms with Crippen molar-refractivity contribution < 1.29 is 18.7 Å². The summed E-state index contributed by atoms with van der Waals surface area (Å²) in [4.78, 5) is 24.7. The van der Waals surface area contributed by atoms with Crippen molar-refractivity contribution in [2.75, 3.05) is 7.11 Å². The number of ketones is 1. The summed E-state index contributed by atoms with van der Waals surface area (Å²) < 4.78 is 10.8. The molecule has 3 aromatic rings. The van der Waals surface area contributed by atoms with Crippen LogP contribution in [0.4, 0.5) is 0 Å². The molecule has 4 heteroatoms. The molecule has 0 aliphatic heterocycles. The predicted molar refractivity (Wildman–Crippen MR) is 106 cm³/mol. The smallest absolute Gasteiger partial charge is 0.338 e. The maximum Gasteiger partial charge on any atom is 0.338 e. The van der Waals surface area contributed by atoms with Gasteiger partial charge in [-0.15, -0.1) is 0 Å². The van der Waals surface area contributed by atoms with Gasteiger partial charge in [-0.05, 0) is 24.6 Å². The maximum absolute atomic E-state index is 12.7. The number of unbranched alkanes of at least 4 members (excludes halogenated alkanes) is 3. The molecule has 0 atom stereocenters. The monoisotopic (exact) mass is 364 g/mol. The number of hydrogen-bond acceptors (Lipinski definition) is 4. The average Bonchev–Trinajstić information content (AvgIpc) is 3.14. The van der Waals surface area contributed by atoms with Crippen LogP contribution in [0.15, 0.2) is 52.9 Å². The maximum atomic E-state index is 12.7. The number of carbonyl (C=O) groups excluding carboxylic acids is 2. The molecule has 0 saturated carbocycles. The zero-order valence-corrected chi connectivity index (χ0v) is 15.8. The van der Waals surface area contributed by atoms with Gasteiger partial charge in [0.2, 0.25) is 0 Å². The Morgan fingerprint density at radius 1 is 0.963 bits per heavy atom. The molecule has 27 heavy (non-hydrogen) atoms. The summed E-state index contributed by atoms with van der Waals surface area (Å²) in [5.74, 6) is 0.265. The summed E-state index contributed by atoms with van der Waals surface area (Å²) in [6.07, 6.45) is 4.81. The quantitative estimate of drug-likeness (QED) is 0.278. The number of Topliss-reactive ketones (excluding diaryl/α,β-unsaturated/α-hetero) is 1. The first-order valence-electron chi connectivity index (χ1n) is 9.39. The number of fused-ring (bicyclic) bond motifs is 1. The second-order valence-corrected chi connectivity index (χ2v) is 6.60. The SMILES string of the molecule is CCCCCCC(=O)c1cccc2oc(-c3ccccc3C(=O)OC)cc12. The number of benzene rings is 2. The Morgan fingerprint density at radius 3 is 2.52 bits per heavy atom. The Balaban J connectivity index is 1.95. The van der Waals surface area contributed by atoms with E-state index in [0.29, 0.717) is 34.5 Å². The molecular formula is C23H24O4. The van der Waals surface area contributed by atoms with Gasteiger partial charge in [0.1, 0.15) is 11.3 Å². The minimum Gasteiger partial charge on any atom is -0.465 e. The van der Waals surface area contributed by atoms with Crippen molar-refractivity contribution >= 4 is 22.7 Å². The lowest BCUT2D eigenvalue weighted by Crippen LogP contribution is -2.02. The van der Waals surface area contributed by atoms with Crippen molar-refractivity contribution in [2.24, 2.45) is 0 Å². The summed E-state index contributed by atoms with van der Waals surface area (Å²) in [5.41, 5.74) is 2.41. The summed E-state index contributed by atoms with van der Waals surface area (Å²) in [7, 11) is 1.35. The zero-order valence-electron chi connectivity index (χ0n) is 15.8. The van der Waals surface area contributed by atoms with E-state index in [1.807, 2.05) is 36.4 Å². The first-order chi connectivity index (χ1) is 13.2. The van der Waals surface area contributed by atoms with E-state index < -0.39 is 5.97 Å². The second kappa shape index (κ2) is 8.67. The molecule has 0 fully saturated rings. The fourth-order valence-electron chi connectivity index (χ4n) is 3.27. The van der Waals surface area contributed by atoms with Crippen LogP contribution >= 0.6 is 0 Å². The van der Waals surface area contributed by atoms with Gasteiger partial charge in [-0.2, -0.15) is 0 Å². The third kappa shape index (κ3) is 4.11. The molecule has 0 N–H and O–H groups in total. The van der Waals surface area contributed by atoms with E-state index in [2.05, 4.69) is 6.92 Å². The Kier molecular flexibility index (Phi) is 6.07. The highest BCUT2D eigenvalue weighted by atomic mass is 16.5. The first kappa shape index (κ1) is 18.9. The minimum absolute atomic E-state index is 0.130. The lowest BCUT2D eigenvalue weighted by Gasteiger charge is -2.04. The van der Waals surface area contributed by atoms with E-state index >= 15 is 0 Å². The number of ether oxygens (including phenoxy) is 1. The van der Waals surface area contributed by atoms with Gasteiger partial charge in [0.15, 0.2) is 5.78 Å². The molecule has 0 bridgehead atoms. The zero-order chi connectivity index (χ0) is 19.2. The van der Waals surface area contributed by atoms with E-state index in [1.165, 1.54) is 7.11 Å². The van der Waals surface area contributed by atoms with Crippen molar-refractivity contribution in [3.8, 4) is 11.3 Å². The van der Waals surface area contributed by atoms with Crippen LogP contribution in [0.2, 0.25) is 0 Å². The van der Waals surface area contributed by atoms with Gasteiger partial charge in [-0.25, -0.2) is 4.79 Å². The number of rotatable bonds is 8. The standard InChI is InChI=1S/C23H24O4/c1-3-4-5-6-13-20(24)16-12-9-14-21-19(16)15-22(27-21)17-10-7-8-11-18(17)23(25)26-2/h7-12,14-15H,3-6,13H2,1-2H3. The van der Waals surface area contributed by atoms with Crippen molar-refractivity contribution in [1.29, 1.82) is 0 Å². The lowest BCUT2D eigenvalue weighted by atomic mass is 10.00. The van der Waals surface area contributed by atoms with E-state index in [1.54, 1.807) is 12.1 Å². The predicted octanol–water partition coefficient (Wildman–Crippen LogP) is 6.04. The number of hydrogen-bond donors (Lipinski definition) is 0. The van der Waals surface area contributed by atoms with Crippen LogP contribution in [0.1, 0.15) is 59.7 Å². The van der Waals surface area contributed by atoms with Crippen molar-refractivity contribution in [3.05, 3.63) is 59.7 Å². The van der Waals surface area contributed by atoms with Crippen LogP contribution in [-0.2, 0) is 4.74 Å². The van der Waals surface area contributed by atoms with Crippen LogP contribution in [0, 0.1) is 0 Å². The van der Waals surface area contributed by atoms with Crippen molar-refractivity contribution in [3.63, 3.8) is 0 Å². The highest BCUT2D eigenvalue weighted by Gasteiger charge is 2.18. The second-order valence-electron chi connectivity index (χ2n) is 6.60. The van der Waals surface area contributed by atoms with Gasteiger partial charge in [0, 0.05) is 22.9 Å². The van der Waals surface area contributed by atoms with Gasteiger partial charge >= 0.3 is 5.97 Å². The van der Waals surface area contributed by atoms with E-state index in [-0.39, 0.29) is 5.78 Å². The van der Waals surface area contributed by atoms with Gasteiger partial charge in [0.05, 0.1) is 12.7 Å². The molecule has 140 valence electrons. The van der Waals surface area contributed by atoms with Crippen LogP contribution in [0.25, 0.3) is 22.3 Å². The highest BCUT2D eigenvalue weighted by Crippen LogP contribution is 2.32. The lowest BCUT2D eigenvalue weighted by molar-refractivity contribution is 0.0601. The van der Waals surface area contributed by atoms with Gasteiger partial charge in [-0.3, -0.25) is 4.79 Å². The summed E-state index contributed by atoms with van der Waals surface area (Å²) in [6, 6.07) is 14.5. The van der Waals surface area contributed by atoms with E-state index in [4.69, 9.17) is 9.15 Å². The number of esters is 1. The molecule has 3 rings (SSSR count). The third-order valence-corrected chi connectivity index (χ3v) is 4.72. The number of methoxy groups -OCH3 is 1. The number of furan rings is 1. The molecular weight excluding hydrogens is 340 g/mol. The molecule has 0 amide bonds. The molecule has 0 saturated heterocycles. The van der Waals surface area contributed by atoms with Crippen molar-refractivity contribution in [2.45, 2.75) is 39.0 Å². The molecule has 2 aromatic carbocycles. The van der Waals surface area contributed by atoms with Crippen LogP contribution < -0.4 is 0 Å². The average molecular weight is 364 g/mol. The van der Waals surface area contributed by atoms with Crippen LogP contribution in [0.5, 0.6) is 0 Å². The minimum atomic E-state index is -0.418. The number of carbonyl (C=O) groups is 2. The highest BCUT2D eigenvalue weighted by molar-refractivity contribution is 6.08. The Bertz CT molecular complexity index is 952. The molecule has 0 spiro atoms. The van der Waals surface area contributed by atoms with E-state index in [9.17, 15) is 9.59 Å². The molecule has 0 radical (unpaired) electrons. The van der Waals surface area contributed by atoms with E-state index in [0.717, 1.165) is 31.1 Å². The molecule has 0 aliphatic rings. The van der Waals surface area contributed by atoms with Gasteiger partial charge in [-0.1, -0.05) is 56.5 Å². The van der Waals surface area contributed by atoms with Crippen molar-refractivity contribution in [1.82, 2.24) is 0 Å². The molecule has 1 heterocycles. The van der Waals surface area contributed by atoms with Crippen LogP contribution in [-0.4, -0.2) is 18.9 Å². The Hall–Kier alpha value is -2.88. The first-order valence-corrected chi connectivity index (χ1v) is 9.39. The molecule has 0 aliphatic carbocycles. The topological polar surface area (TPSA) is 56.5 Å². The Labute approximate surface area is 159 Å². The largest absolute Gasteiger partial charge is 0.465 e. The Morgan fingerprint density at radius 2 is 1.74 bits per heavy atom. The van der Waals surface area contributed by atoms with Crippen LogP contribution in [0.3, 0.4) is 0 Å². The molecule has 4 nitrogen and oxygen atoms in total. The fourth-order valence-corrected chi connectivity index (χ4v) is 3.27. The molecule has 0 unspecified atom stereocenters. The molecule has 1 aromatic heterocycles. The van der Waals surface area contributed by atoms with Gasteiger partial charge in [0.25, 0.3) is 0 Å². The third-order valence-electron chi connectivity index (χ3n) is 4.72. The summed E-state index contributed by atoms with van der Waals surface area (Å²) >= 11 is 0.